The number of rotatable bonds is 3. The number of carboxylic acids is 1. The second-order valence-electron chi connectivity index (χ2n) is 5.17. The zero-order valence-corrected chi connectivity index (χ0v) is 12.7. The molecule has 108 valence electrons. The molecule has 0 bridgehead atoms. The summed E-state index contributed by atoms with van der Waals surface area (Å²) in [6.07, 6.45) is 4.02. The number of amides is 1. The van der Waals surface area contributed by atoms with Crippen molar-refractivity contribution >= 4 is 33.9 Å². The SMILES string of the molecule is CC1(C(=O)O)CCN(C(=O)C=Cc2ccc(Br)o2)CC1. The van der Waals surface area contributed by atoms with Crippen LogP contribution < -0.4 is 0 Å². The number of hydrogen-bond acceptors (Lipinski definition) is 3. The lowest BCUT2D eigenvalue weighted by atomic mass is 9.80. The van der Waals surface area contributed by atoms with E-state index in [4.69, 9.17) is 9.52 Å². The molecule has 0 saturated carbocycles. The lowest BCUT2D eigenvalue weighted by Gasteiger charge is -2.35. The number of likely N-dealkylation sites (tertiary alicyclic amines) is 1. The third kappa shape index (κ3) is 3.30. The van der Waals surface area contributed by atoms with E-state index in [2.05, 4.69) is 15.9 Å². The summed E-state index contributed by atoms with van der Waals surface area (Å²) < 4.78 is 5.88. The van der Waals surface area contributed by atoms with E-state index in [-0.39, 0.29) is 5.91 Å². The number of halogens is 1. The van der Waals surface area contributed by atoms with Gasteiger partial charge in [-0.15, -0.1) is 0 Å². The first kappa shape index (κ1) is 14.8. The zero-order chi connectivity index (χ0) is 14.8. The first-order chi connectivity index (χ1) is 9.40. The second kappa shape index (κ2) is 5.83. The molecule has 1 aliphatic rings. The smallest absolute Gasteiger partial charge is 0.309 e. The highest BCUT2D eigenvalue weighted by atomic mass is 79.9. The Bertz CT molecular complexity index is 541. The molecular formula is C14H16BrNO4. The average Bonchev–Trinajstić information content (AvgIpc) is 2.82. The predicted octanol–water partition coefficient (Wildman–Crippen LogP) is 2.77. The van der Waals surface area contributed by atoms with Crippen molar-refractivity contribution in [2.24, 2.45) is 5.41 Å². The van der Waals surface area contributed by atoms with Gasteiger partial charge in [0, 0.05) is 19.2 Å². The van der Waals surface area contributed by atoms with Gasteiger partial charge in [-0.1, -0.05) is 0 Å². The molecule has 0 aromatic carbocycles. The van der Waals surface area contributed by atoms with Crippen molar-refractivity contribution in [3.8, 4) is 0 Å². The Morgan fingerprint density at radius 3 is 2.55 bits per heavy atom. The quantitative estimate of drug-likeness (QED) is 0.858. The molecule has 1 N–H and O–H groups in total. The monoisotopic (exact) mass is 341 g/mol. The number of nitrogens with zero attached hydrogens (tertiary/aromatic N) is 1. The van der Waals surface area contributed by atoms with E-state index in [1.165, 1.54) is 6.08 Å². The van der Waals surface area contributed by atoms with Crippen LogP contribution in [-0.2, 0) is 9.59 Å². The standard InChI is InChI=1S/C14H16BrNO4/c1-14(13(18)19)6-8-16(9-7-14)12(17)5-3-10-2-4-11(15)20-10/h2-5H,6-9H2,1H3,(H,18,19). The molecule has 1 fully saturated rings. The van der Waals surface area contributed by atoms with E-state index in [0.29, 0.717) is 36.4 Å². The number of furan rings is 1. The van der Waals surface area contributed by atoms with Crippen molar-refractivity contribution in [2.75, 3.05) is 13.1 Å². The Labute approximate surface area is 125 Å². The normalized spacial score (nSPS) is 18.4. The van der Waals surface area contributed by atoms with Crippen molar-refractivity contribution < 1.29 is 19.1 Å². The Morgan fingerprint density at radius 1 is 1.40 bits per heavy atom. The molecule has 0 aliphatic carbocycles. The molecule has 1 amide bonds. The highest BCUT2D eigenvalue weighted by Gasteiger charge is 2.37. The van der Waals surface area contributed by atoms with Crippen molar-refractivity contribution in [1.29, 1.82) is 0 Å². The summed E-state index contributed by atoms with van der Waals surface area (Å²) in [6.45, 7) is 2.66. The number of carboxylic acid groups (broad SMARTS) is 1. The molecule has 2 heterocycles. The molecular weight excluding hydrogens is 326 g/mol. The molecule has 0 radical (unpaired) electrons. The van der Waals surface area contributed by atoms with Gasteiger partial charge in [0.1, 0.15) is 5.76 Å². The van der Waals surface area contributed by atoms with Crippen LogP contribution in [0.1, 0.15) is 25.5 Å². The van der Waals surface area contributed by atoms with Crippen LogP contribution in [0.3, 0.4) is 0 Å². The van der Waals surface area contributed by atoms with Crippen molar-refractivity contribution in [3.63, 3.8) is 0 Å². The summed E-state index contributed by atoms with van der Waals surface area (Å²) in [4.78, 5) is 24.8. The summed E-state index contributed by atoms with van der Waals surface area (Å²) >= 11 is 3.19. The minimum atomic E-state index is -0.791. The maximum Gasteiger partial charge on any atom is 0.309 e. The van der Waals surface area contributed by atoms with Gasteiger partial charge in [0.05, 0.1) is 5.41 Å². The molecule has 1 aliphatic heterocycles. The molecule has 1 saturated heterocycles. The fraction of sp³-hybridized carbons (Fsp3) is 0.429. The van der Waals surface area contributed by atoms with Gasteiger partial charge >= 0.3 is 5.97 Å². The molecule has 20 heavy (non-hydrogen) atoms. The number of carbonyl (C=O) groups excluding carboxylic acids is 1. The highest BCUT2D eigenvalue weighted by Crippen LogP contribution is 2.31. The highest BCUT2D eigenvalue weighted by molar-refractivity contribution is 9.10. The Kier molecular flexibility index (Phi) is 4.32. The molecule has 0 unspecified atom stereocenters. The van der Waals surface area contributed by atoms with E-state index in [1.54, 1.807) is 30.0 Å². The Hall–Kier alpha value is -1.56. The van der Waals surface area contributed by atoms with E-state index < -0.39 is 11.4 Å². The van der Waals surface area contributed by atoms with Gasteiger partial charge in [-0.3, -0.25) is 9.59 Å². The van der Waals surface area contributed by atoms with Gasteiger partial charge in [-0.25, -0.2) is 0 Å². The summed E-state index contributed by atoms with van der Waals surface area (Å²) in [6, 6.07) is 3.51. The van der Waals surface area contributed by atoms with Gasteiger partial charge < -0.3 is 14.4 Å². The Balaban J connectivity index is 1.92. The van der Waals surface area contributed by atoms with Crippen molar-refractivity contribution in [1.82, 2.24) is 4.90 Å². The molecule has 5 nitrogen and oxygen atoms in total. The molecule has 0 spiro atoms. The lowest BCUT2D eigenvalue weighted by Crippen LogP contribution is -2.44. The molecule has 1 aromatic heterocycles. The van der Waals surface area contributed by atoms with Crippen LogP contribution in [0.5, 0.6) is 0 Å². The predicted molar refractivity (Wildman–Crippen MR) is 77.0 cm³/mol. The van der Waals surface area contributed by atoms with Gasteiger partial charge in [0.15, 0.2) is 4.67 Å². The Morgan fingerprint density at radius 2 is 2.05 bits per heavy atom. The molecule has 0 atom stereocenters. The van der Waals surface area contributed by atoms with E-state index >= 15 is 0 Å². The fourth-order valence-corrected chi connectivity index (χ4v) is 2.43. The van der Waals surface area contributed by atoms with Crippen LogP contribution >= 0.6 is 15.9 Å². The fourth-order valence-electron chi connectivity index (χ4n) is 2.11. The van der Waals surface area contributed by atoms with Gasteiger partial charge in [-0.2, -0.15) is 0 Å². The van der Waals surface area contributed by atoms with Gasteiger partial charge in [-0.05, 0) is 53.9 Å². The first-order valence-corrected chi connectivity index (χ1v) is 7.16. The minimum absolute atomic E-state index is 0.120. The van der Waals surface area contributed by atoms with Gasteiger partial charge in [0.2, 0.25) is 5.91 Å². The number of hydrogen-bond donors (Lipinski definition) is 1. The maximum absolute atomic E-state index is 12.0. The van der Waals surface area contributed by atoms with E-state index in [1.807, 2.05) is 0 Å². The van der Waals surface area contributed by atoms with Crippen LogP contribution in [0.4, 0.5) is 0 Å². The van der Waals surface area contributed by atoms with Gasteiger partial charge in [0.25, 0.3) is 0 Å². The molecule has 1 aromatic rings. The number of piperidine rings is 1. The minimum Gasteiger partial charge on any atom is -0.481 e. The topological polar surface area (TPSA) is 70.8 Å². The van der Waals surface area contributed by atoms with Crippen LogP contribution in [0.25, 0.3) is 6.08 Å². The van der Waals surface area contributed by atoms with Crippen LogP contribution in [0, 0.1) is 5.41 Å². The zero-order valence-electron chi connectivity index (χ0n) is 11.1. The summed E-state index contributed by atoms with van der Waals surface area (Å²) in [7, 11) is 0. The number of aliphatic carboxylic acids is 1. The van der Waals surface area contributed by atoms with Crippen molar-refractivity contribution in [2.45, 2.75) is 19.8 Å². The second-order valence-corrected chi connectivity index (χ2v) is 5.95. The maximum atomic E-state index is 12.0. The van der Waals surface area contributed by atoms with Crippen LogP contribution in [0.2, 0.25) is 0 Å². The average molecular weight is 342 g/mol. The summed E-state index contributed by atoms with van der Waals surface area (Å²) in [5, 5.41) is 9.14. The van der Waals surface area contributed by atoms with E-state index in [0.717, 1.165) is 0 Å². The molecule has 2 rings (SSSR count). The summed E-state index contributed by atoms with van der Waals surface area (Å²) in [5.74, 6) is -0.317. The van der Waals surface area contributed by atoms with Crippen molar-refractivity contribution in [3.05, 3.63) is 28.6 Å². The summed E-state index contributed by atoms with van der Waals surface area (Å²) in [5.41, 5.74) is -0.716. The van der Waals surface area contributed by atoms with Crippen LogP contribution in [0.15, 0.2) is 27.3 Å². The third-order valence-corrected chi connectivity index (χ3v) is 4.11. The molecule has 6 heteroatoms. The van der Waals surface area contributed by atoms with E-state index in [9.17, 15) is 9.59 Å². The number of carbonyl (C=O) groups is 2. The largest absolute Gasteiger partial charge is 0.481 e. The third-order valence-electron chi connectivity index (χ3n) is 3.68. The lowest BCUT2D eigenvalue weighted by molar-refractivity contribution is -0.152. The van der Waals surface area contributed by atoms with Crippen LogP contribution in [-0.4, -0.2) is 35.0 Å². The first-order valence-electron chi connectivity index (χ1n) is 6.36.